The average molecular weight is 285 g/mol. The van der Waals surface area contributed by atoms with Gasteiger partial charge in [0.25, 0.3) is 0 Å². The van der Waals surface area contributed by atoms with Crippen LogP contribution >= 0.6 is 0 Å². The molecule has 0 N–H and O–H groups in total. The van der Waals surface area contributed by atoms with E-state index in [0.29, 0.717) is 18.7 Å². The highest BCUT2D eigenvalue weighted by molar-refractivity contribution is 5.50. The zero-order valence-corrected chi connectivity index (χ0v) is 10.9. The number of hydrogen-bond donors (Lipinski definition) is 0. The molecule has 3 aliphatic heterocycles. The minimum absolute atomic E-state index is 0.248. The van der Waals surface area contributed by atoms with Crippen molar-refractivity contribution in [2.75, 3.05) is 13.1 Å². The molecule has 1 fully saturated rings. The Balaban J connectivity index is 2.19. The Hall–Kier alpha value is -1.70. The van der Waals surface area contributed by atoms with Gasteiger partial charge in [0.15, 0.2) is 5.82 Å². The van der Waals surface area contributed by atoms with Crippen molar-refractivity contribution >= 4 is 0 Å². The Morgan fingerprint density at radius 3 is 2.80 bits per heavy atom. The van der Waals surface area contributed by atoms with Crippen molar-refractivity contribution in [3.8, 4) is 11.5 Å². The van der Waals surface area contributed by atoms with Gasteiger partial charge in [-0.05, 0) is 19.4 Å². The molecule has 108 valence electrons. The summed E-state index contributed by atoms with van der Waals surface area (Å²) in [6.45, 7) is 3.42. The number of nitrogens with zero attached hydrogens (tertiary/aromatic N) is 5. The van der Waals surface area contributed by atoms with Crippen LogP contribution in [0.3, 0.4) is 0 Å². The summed E-state index contributed by atoms with van der Waals surface area (Å²) in [6.07, 6.45) is -0.928. The predicted molar refractivity (Wildman–Crippen MR) is 65.0 cm³/mol. The molecule has 3 rings (SSSR count). The van der Waals surface area contributed by atoms with E-state index in [0.717, 1.165) is 19.2 Å². The van der Waals surface area contributed by atoms with Crippen molar-refractivity contribution < 1.29 is 13.2 Å². The van der Waals surface area contributed by atoms with Crippen molar-refractivity contribution in [3.63, 3.8) is 0 Å². The Morgan fingerprint density at radius 2 is 2.10 bits per heavy atom. The SMILES string of the molecule is CCN1CCCC1n1c2ncnc-2cnc1C(F)(F)F. The molecule has 3 aliphatic rings. The normalized spacial score (nSPS) is 20.9. The molecular formula is C12H14F3N5. The Labute approximate surface area is 113 Å². The summed E-state index contributed by atoms with van der Waals surface area (Å²) in [5.41, 5.74) is 0.390. The summed E-state index contributed by atoms with van der Waals surface area (Å²) in [5.74, 6) is -0.659. The monoisotopic (exact) mass is 285 g/mol. The lowest BCUT2D eigenvalue weighted by Crippen LogP contribution is -2.32. The largest absolute Gasteiger partial charge is 0.449 e. The second-order valence-corrected chi connectivity index (χ2v) is 4.78. The first-order valence-electron chi connectivity index (χ1n) is 6.51. The molecule has 1 unspecified atom stereocenters. The predicted octanol–water partition coefficient (Wildman–Crippen LogP) is 2.41. The topological polar surface area (TPSA) is 46.8 Å². The van der Waals surface area contributed by atoms with Crippen molar-refractivity contribution in [2.24, 2.45) is 0 Å². The number of aromatic nitrogens is 4. The molecule has 3 heterocycles. The summed E-state index contributed by atoms with van der Waals surface area (Å²) < 4.78 is 40.8. The zero-order valence-electron chi connectivity index (χ0n) is 10.9. The fourth-order valence-corrected chi connectivity index (χ4v) is 2.79. The van der Waals surface area contributed by atoms with E-state index >= 15 is 0 Å². The van der Waals surface area contributed by atoms with Crippen LogP contribution in [-0.4, -0.2) is 37.5 Å². The third kappa shape index (κ3) is 2.04. The Bertz CT molecular complexity index is 579. The highest BCUT2D eigenvalue weighted by Gasteiger charge is 2.41. The third-order valence-corrected chi connectivity index (χ3v) is 3.66. The molecule has 0 aliphatic carbocycles. The number of hydrogen-bond acceptors (Lipinski definition) is 4. The van der Waals surface area contributed by atoms with Crippen molar-refractivity contribution in [1.29, 1.82) is 0 Å². The average Bonchev–Trinajstić information content (AvgIpc) is 3.04. The highest BCUT2D eigenvalue weighted by Crippen LogP contribution is 2.37. The Morgan fingerprint density at radius 1 is 1.30 bits per heavy atom. The number of fused-ring (bicyclic) bond motifs is 1. The molecule has 0 aromatic heterocycles. The van der Waals surface area contributed by atoms with E-state index in [1.165, 1.54) is 10.9 Å². The standard InChI is InChI=1S/C12H14F3N5/c1-2-19-5-3-4-9(19)20-10-8(17-7-18-10)6-16-11(20)12(13,14)15/h6-7,9H,2-5H2,1H3. The maximum Gasteiger partial charge on any atom is 0.449 e. The van der Waals surface area contributed by atoms with Crippen LogP contribution in [0.1, 0.15) is 31.8 Å². The number of halogens is 3. The van der Waals surface area contributed by atoms with E-state index in [4.69, 9.17) is 0 Å². The molecule has 8 heteroatoms. The molecule has 0 radical (unpaired) electrons. The number of rotatable bonds is 2. The van der Waals surface area contributed by atoms with Crippen LogP contribution in [0.4, 0.5) is 13.2 Å². The van der Waals surface area contributed by atoms with Gasteiger partial charge in [-0.15, -0.1) is 0 Å². The lowest BCUT2D eigenvalue weighted by molar-refractivity contribution is -0.149. The third-order valence-electron chi connectivity index (χ3n) is 3.66. The van der Waals surface area contributed by atoms with Crippen LogP contribution in [0.15, 0.2) is 12.5 Å². The van der Waals surface area contributed by atoms with Crippen molar-refractivity contribution in [1.82, 2.24) is 24.4 Å². The molecule has 0 spiro atoms. The molecule has 20 heavy (non-hydrogen) atoms. The van der Waals surface area contributed by atoms with Crippen molar-refractivity contribution in [3.05, 3.63) is 18.3 Å². The first kappa shape index (κ1) is 13.3. The van der Waals surface area contributed by atoms with E-state index in [2.05, 4.69) is 15.0 Å². The summed E-state index contributed by atoms with van der Waals surface area (Å²) >= 11 is 0. The summed E-state index contributed by atoms with van der Waals surface area (Å²) in [6, 6.07) is 0. The van der Waals surface area contributed by atoms with Crippen LogP contribution in [0.5, 0.6) is 0 Å². The van der Waals surface area contributed by atoms with Crippen LogP contribution < -0.4 is 0 Å². The van der Waals surface area contributed by atoms with Gasteiger partial charge in [-0.3, -0.25) is 9.47 Å². The van der Waals surface area contributed by atoms with Gasteiger partial charge in [0.05, 0.1) is 12.4 Å². The van der Waals surface area contributed by atoms with Gasteiger partial charge in [-0.1, -0.05) is 6.92 Å². The first-order valence-corrected chi connectivity index (χ1v) is 6.51. The van der Waals surface area contributed by atoms with Gasteiger partial charge in [0, 0.05) is 6.54 Å². The molecule has 5 nitrogen and oxygen atoms in total. The zero-order chi connectivity index (χ0) is 14.3. The highest BCUT2D eigenvalue weighted by atomic mass is 19.4. The van der Waals surface area contributed by atoms with Crippen LogP contribution in [0, 0.1) is 0 Å². The molecule has 1 atom stereocenters. The molecule has 0 aromatic rings. The van der Waals surface area contributed by atoms with Gasteiger partial charge in [-0.2, -0.15) is 13.2 Å². The number of imidazole rings is 1. The van der Waals surface area contributed by atoms with Gasteiger partial charge >= 0.3 is 6.18 Å². The Kier molecular flexibility index (Phi) is 3.12. The van der Waals surface area contributed by atoms with Crippen LogP contribution in [0.2, 0.25) is 0 Å². The maximum absolute atomic E-state index is 13.2. The minimum atomic E-state index is -4.50. The summed E-state index contributed by atoms with van der Waals surface area (Å²) in [7, 11) is 0. The molecule has 0 aromatic carbocycles. The maximum atomic E-state index is 13.2. The van der Waals surface area contributed by atoms with E-state index < -0.39 is 12.0 Å². The molecule has 0 saturated carbocycles. The summed E-state index contributed by atoms with van der Waals surface area (Å²) in [4.78, 5) is 13.5. The fourth-order valence-electron chi connectivity index (χ4n) is 2.79. The molecule has 0 bridgehead atoms. The van der Waals surface area contributed by atoms with E-state index in [1.807, 2.05) is 11.8 Å². The number of alkyl halides is 3. The minimum Gasteiger partial charge on any atom is -0.288 e. The van der Waals surface area contributed by atoms with E-state index in [1.54, 1.807) is 0 Å². The van der Waals surface area contributed by atoms with Crippen LogP contribution in [0.25, 0.3) is 11.5 Å². The van der Waals surface area contributed by atoms with E-state index in [-0.39, 0.29) is 12.0 Å². The van der Waals surface area contributed by atoms with Gasteiger partial charge in [0.2, 0.25) is 5.82 Å². The fraction of sp³-hybridized carbons (Fsp3) is 0.583. The molecule has 1 saturated heterocycles. The van der Waals surface area contributed by atoms with Gasteiger partial charge < -0.3 is 0 Å². The second-order valence-electron chi connectivity index (χ2n) is 4.78. The van der Waals surface area contributed by atoms with Gasteiger partial charge in [0.1, 0.15) is 12.0 Å². The lowest BCUT2D eigenvalue weighted by atomic mass is 10.3. The lowest BCUT2D eigenvalue weighted by Gasteiger charge is -2.29. The van der Waals surface area contributed by atoms with Gasteiger partial charge in [-0.25, -0.2) is 15.0 Å². The smallest absolute Gasteiger partial charge is 0.288 e. The van der Waals surface area contributed by atoms with Crippen LogP contribution in [-0.2, 0) is 6.18 Å². The molecular weight excluding hydrogens is 271 g/mol. The van der Waals surface area contributed by atoms with E-state index in [9.17, 15) is 13.2 Å². The second kappa shape index (κ2) is 4.69. The molecule has 0 amide bonds. The number of likely N-dealkylation sites (tertiary alicyclic amines) is 1. The first-order chi connectivity index (χ1) is 9.52. The van der Waals surface area contributed by atoms with Crippen molar-refractivity contribution in [2.45, 2.75) is 32.1 Å². The summed E-state index contributed by atoms with van der Waals surface area (Å²) in [5, 5.41) is 0. The quantitative estimate of drug-likeness (QED) is 0.850.